The number of amides is 2. The van der Waals surface area contributed by atoms with Crippen LogP contribution in [0.25, 0.3) is 0 Å². The first kappa shape index (κ1) is 12.0. The van der Waals surface area contributed by atoms with Crippen LogP contribution >= 0.6 is 0 Å². The maximum absolute atomic E-state index is 12.6. The SMILES string of the molecule is CC1C(=O)NCCN1C(=O)C1CNc2ccccc21. The van der Waals surface area contributed by atoms with E-state index in [1.165, 1.54) is 0 Å². The van der Waals surface area contributed by atoms with Gasteiger partial charge in [0.1, 0.15) is 6.04 Å². The molecule has 19 heavy (non-hydrogen) atoms. The fourth-order valence-electron chi connectivity index (χ4n) is 2.79. The zero-order valence-corrected chi connectivity index (χ0v) is 10.8. The molecule has 2 N–H and O–H groups in total. The molecule has 1 aromatic carbocycles. The van der Waals surface area contributed by atoms with Crippen LogP contribution in [0.3, 0.4) is 0 Å². The normalized spacial score (nSPS) is 25.5. The van der Waals surface area contributed by atoms with E-state index in [0.29, 0.717) is 19.6 Å². The molecule has 0 aromatic heterocycles. The van der Waals surface area contributed by atoms with Crippen LogP contribution in [0.1, 0.15) is 18.4 Å². The number of piperazine rings is 1. The van der Waals surface area contributed by atoms with E-state index in [0.717, 1.165) is 11.3 Å². The molecule has 2 heterocycles. The van der Waals surface area contributed by atoms with Gasteiger partial charge in [0.2, 0.25) is 11.8 Å². The molecule has 1 aromatic rings. The molecule has 2 amide bonds. The Hall–Kier alpha value is -2.04. The molecule has 5 nitrogen and oxygen atoms in total. The highest BCUT2D eigenvalue weighted by Crippen LogP contribution is 2.32. The van der Waals surface area contributed by atoms with Gasteiger partial charge >= 0.3 is 0 Å². The standard InChI is InChI=1S/C14H17N3O2/c1-9-13(18)15-6-7-17(9)14(19)11-8-16-12-5-3-2-4-10(11)12/h2-5,9,11,16H,6-8H2,1H3,(H,15,18). The predicted octanol–water partition coefficient (Wildman–Crippen LogP) is 0.543. The Morgan fingerprint density at radius 2 is 2.11 bits per heavy atom. The lowest BCUT2D eigenvalue weighted by Gasteiger charge is -2.34. The lowest BCUT2D eigenvalue weighted by molar-refractivity contribution is -0.143. The number of hydrogen-bond donors (Lipinski definition) is 2. The van der Waals surface area contributed by atoms with Crippen LogP contribution in [0.4, 0.5) is 5.69 Å². The maximum atomic E-state index is 12.6. The number of para-hydroxylation sites is 1. The summed E-state index contributed by atoms with van der Waals surface area (Å²) in [5.41, 5.74) is 2.06. The molecule has 100 valence electrons. The van der Waals surface area contributed by atoms with Crippen LogP contribution in [0.2, 0.25) is 0 Å². The van der Waals surface area contributed by atoms with E-state index < -0.39 is 0 Å². The summed E-state index contributed by atoms with van der Waals surface area (Å²) in [5, 5.41) is 6.03. The molecule has 3 rings (SSSR count). The van der Waals surface area contributed by atoms with E-state index in [1.807, 2.05) is 24.3 Å². The highest BCUT2D eigenvalue weighted by atomic mass is 16.2. The first-order valence-electron chi connectivity index (χ1n) is 6.59. The van der Waals surface area contributed by atoms with Crippen molar-refractivity contribution >= 4 is 17.5 Å². The Morgan fingerprint density at radius 3 is 2.95 bits per heavy atom. The topological polar surface area (TPSA) is 61.4 Å². The van der Waals surface area contributed by atoms with E-state index in [4.69, 9.17) is 0 Å². The van der Waals surface area contributed by atoms with E-state index >= 15 is 0 Å². The van der Waals surface area contributed by atoms with Gasteiger partial charge in [-0.15, -0.1) is 0 Å². The van der Waals surface area contributed by atoms with Crippen molar-refractivity contribution in [1.82, 2.24) is 10.2 Å². The Labute approximate surface area is 112 Å². The number of fused-ring (bicyclic) bond motifs is 1. The zero-order valence-electron chi connectivity index (χ0n) is 10.8. The Morgan fingerprint density at radius 1 is 1.32 bits per heavy atom. The summed E-state index contributed by atoms with van der Waals surface area (Å²) < 4.78 is 0. The monoisotopic (exact) mass is 259 g/mol. The minimum absolute atomic E-state index is 0.0415. The van der Waals surface area contributed by atoms with Crippen LogP contribution in [0.15, 0.2) is 24.3 Å². The van der Waals surface area contributed by atoms with Crippen LogP contribution in [-0.4, -0.2) is 42.4 Å². The molecule has 5 heteroatoms. The highest BCUT2D eigenvalue weighted by Gasteiger charge is 2.36. The Kier molecular flexibility index (Phi) is 2.89. The van der Waals surface area contributed by atoms with Crippen molar-refractivity contribution in [3.63, 3.8) is 0 Å². The van der Waals surface area contributed by atoms with Crippen molar-refractivity contribution < 1.29 is 9.59 Å². The fraction of sp³-hybridized carbons (Fsp3) is 0.429. The second kappa shape index (κ2) is 4.57. The summed E-state index contributed by atoms with van der Waals surface area (Å²) in [7, 11) is 0. The van der Waals surface area contributed by atoms with Crippen LogP contribution in [0, 0.1) is 0 Å². The number of carbonyl (C=O) groups is 2. The second-order valence-electron chi connectivity index (χ2n) is 5.02. The molecule has 1 saturated heterocycles. The van der Waals surface area contributed by atoms with Gasteiger partial charge < -0.3 is 15.5 Å². The van der Waals surface area contributed by atoms with E-state index in [1.54, 1.807) is 11.8 Å². The smallest absolute Gasteiger partial charge is 0.242 e. The summed E-state index contributed by atoms with van der Waals surface area (Å²) in [6.45, 7) is 3.52. The largest absolute Gasteiger partial charge is 0.384 e. The Bertz CT molecular complexity index is 529. The van der Waals surface area contributed by atoms with Crippen LogP contribution in [-0.2, 0) is 9.59 Å². The summed E-state index contributed by atoms with van der Waals surface area (Å²) in [6, 6.07) is 7.48. The molecular formula is C14H17N3O2. The first-order chi connectivity index (χ1) is 9.18. The van der Waals surface area contributed by atoms with Crippen molar-refractivity contribution in [2.75, 3.05) is 25.0 Å². The average molecular weight is 259 g/mol. The third-order valence-corrected chi connectivity index (χ3v) is 3.91. The molecular weight excluding hydrogens is 242 g/mol. The van der Waals surface area contributed by atoms with Gasteiger partial charge in [0.25, 0.3) is 0 Å². The molecule has 2 aliphatic heterocycles. The molecule has 0 saturated carbocycles. The summed E-state index contributed by atoms with van der Waals surface area (Å²) >= 11 is 0. The first-order valence-corrected chi connectivity index (χ1v) is 6.59. The minimum Gasteiger partial charge on any atom is -0.384 e. The average Bonchev–Trinajstić information content (AvgIpc) is 2.85. The summed E-state index contributed by atoms with van der Waals surface area (Å²) in [4.78, 5) is 26.0. The molecule has 0 aliphatic carbocycles. The van der Waals surface area contributed by atoms with Crippen molar-refractivity contribution in [2.24, 2.45) is 0 Å². The van der Waals surface area contributed by atoms with Crippen molar-refractivity contribution in [2.45, 2.75) is 18.9 Å². The van der Waals surface area contributed by atoms with Gasteiger partial charge in [-0.3, -0.25) is 9.59 Å². The van der Waals surface area contributed by atoms with Crippen molar-refractivity contribution in [3.05, 3.63) is 29.8 Å². The molecule has 2 aliphatic rings. The van der Waals surface area contributed by atoms with E-state index in [2.05, 4.69) is 10.6 Å². The lowest BCUT2D eigenvalue weighted by Crippen LogP contribution is -2.56. The van der Waals surface area contributed by atoms with Crippen LogP contribution in [0.5, 0.6) is 0 Å². The number of nitrogens with zero attached hydrogens (tertiary/aromatic N) is 1. The highest BCUT2D eigenvalue weighted by molar-refractivity contribution is 5.93. The lowest BCUT2D eigenvalue weighted by atomic mass is 9.98. The summed E-state index contributed by atoms with van der Waals surface area (Å²) in [5.74, 6) is -0.205. The predicted molar refractivity (Wildman–Crippen MR) is 71.9 cm³/mol. The number of benzene rings is 1. The van der Waals surface area contributed by atoms with Crippen LogP contribution < -0.4 is 10.6 Å². The molecule has 0 bridgehead atoms. The minimum atomic E-state index is -0.381. The number of anilines is 1. The molecule has 2 atom stereocenters. The molecule has 2 unspecified atom stereocenters. The Balaban J connectivity index is 1.84. The molecule has 1 fully saturated rings. The quantitative estimate of drug-likeness (QED) is 0.774. The zero-order chi connectivity index (χ0) is 13.4. The number of carbonyl (C=O) groups excluding carboxylic acids is 2. The van der Waals surface area contributed by atoms with Gasteiger partial charge in [-0.1, -0.05) is 18.2 Å². The van der Waals surface area contributed by atoms with Gasteiger partial charge in [-0.25, -0.2) is 0 Å². The number of nitrogens with one attached hydrogen (secondary N) is 2. The van der Waals surface area contributed by atoms with Gasteiger partial charge in [0.15, 0.2) is 0 Å². The van der Waals surface area contributed by atoms with Gasteiger partial charge in [0.05, 0.1) is 5.92 Å². The number of hydrogen-bond acceptors (Lipinski definition) is 3. The third kappa shape index (κ3) is 1.95. The van der Waals surface area contributed by atoms with Gasteiger partial charge in [0, 0.05) is 25.3 Å². The molecule has 0 spiro atoms. The van der Waals surface area contributed by atoms with Crippen molar-refractivity contribution in [1.29, 1.82) is 0 Å². The van der Waals surface area contributed by atoms with E-state index in [-0.39, 0.29) is 23.8 Å². The van der Waals surface area contributed by atoms with Crippen molar-refractivity contribution in [3.8, 4) is 0 Å². The van der Waals surface area contributed by atoms with E-state index in [9.17, 15) is 9.59 Å². The summed E-state index contributed by atoms with van der Waals surface area (Å²) in [6.07, 6.45) is 0. The van der Waals surface area contributed by atoms with Gasteiger partial charge in [-0.2, -0.15) is 0 Å². The number of rotatable bonds is 1. The second-order valence-corrected chi connectivity index (χ2v) is 5.02. The van der Waals surface area contributed by atoms with Gasteiger partial charge in [-0.05, 0) is 18.6 Å². The fourth-order valence-corrected chi connectivity index (χ4v) is 2.79. The molecule has 0 radical (unpaired) electrons. The third-order valence-electron chi connectivity index (χ3n) is 3.91. The maximum Gasteiger partial charge on any atom is 0.242 e.